The highest BCUT2D eigenvalue weighted by Crippen LogP contribution is 2.40. The van der Waals surface area contributed by atoms with E-state index in [4.69, 9.17) is 4.74 Å². The van der Waals surface area contributed by atoms with Gasteiger partial charge >= 0.3 is 0 Å². The van der Waals surface area contributed by atoms with Crippen molar-refractivity contribution < 1.29 is 4.74 Å². The molecule has 2 unspecified atom stereocenters. The Bertz CT molecular complexity index is 273. The zero-order valence-electron chi connectivity index (χ0n) is 14.6. The molecule has 0 bridgehead atoms. The lowest BCUT2D eigenvalue weighted by Crippen LogP contribution is -2.39. The molecule has 0 spiro atoms. The molecule has 1 heterocycles. The van der Waals surface area contributed by atoms with E-state index in [-0.39, 0.29) is 0 Å². The molecule has 2 rings (SSSR count). The molecule has 2 heteroatoms. The highest BCUT2D eigenvalue weighted by Gasteiger charge is 2.31. The van der Waals surface area contributed by atoms with Crippen molar-refractivity contribution in [1.29, 1.82) is 0 Å². The van der Waals surface area contributed by atoms with Crippen LogP contribution in [-0.2, 0) is 4.74 Å². The average Bonchev–Trinajstić information content (AvgIpc) is 2.96. The zero-order chi connectivity index (χ0) is 15.1. The number of rotatable bonds is 8. The van der Waals surface area contributed by atoms with Crippen LogP contribution in [0.3, 0.4) is 0 Å². The first-order valence-electron chi connectivity index (χ1n) is 9.46. The van der Waals surface area contributed by atoms with Crippen LogP contribution in [0.5, 0.6) is 0 Å². The van der Waals surface area contributed by atoms with Gasteiger partial charge in [-0.2, -0.15) is 0 Å². The zero-order valence-corrected chi connectivity index (χ0v) is 14.6. The lowest BCUT2D eigenvalue weighted by molar-refractivity contribution is 0.0985. The first-order chi connectivity index (χ1) is 10.1. The third kappa shape index (κ3) is 5.90. The van der Waals surface area contributed by atoms with Gasteiger partial charge in [0, 0.05) is 12.6 Å². The van der Waals surface area contributed by atoms with Crippen LogP contribution >= 0.6 is 0 Å². The molecule has 0 amide bonds. The third-order valence-corrected chi connectivity index (χ3v) is 5.67. The van der Waals surface area contributed by atoms with Gasteiger partial charge in [-0.3, -0.25) is 0 Å². The van der Waals surface area contributed by atoms with Crippen molar-refractivity contribution in [1.82, 2.24) is 5.32 Å². The summed E-state index contributed by atoms with van der Waals surface area (Å²) < 4.78 is 5.77. The Hall–Kier alpha value is -0.0800. The summed E-state index contributed by atoms with van der Waals surface area (Å²) in [5.74, 6) is 0.911. The van der Waals surface area contributed by atoms with Gasteiger partial charge in [0.2, 0.25) is 0 Å². The smallest absolute Gasteiger partial charge is 0.0576 e. The fourth-order valence-electron chi connectivity index (χ4n) is 4.10. The second-order valence-electron chi connectivity index (χ2n) is 8.13. The molecular formula is C19H37NO. The van der Waals surface area contributed by atoms with Crippen LogP contribution in [-0.4, -0.2) is 25.3 Å². The third-order valence-electron chi connectivity index (χ3n) is 5.67. The molecule has 1 aliphatic carbocycles. The van der Waals surface area contributed by atoms with Gasteiger partial charge in [0.1, 0.15) is 0 Å². The molecule has 0 aromatic rings. The minimum atomic E-state index is 0.571. The molecule has 1 aliphatic heterocycles. The molecule has 0 aromatic heterocycles. The second-order valence-corrected chi connectivity index (χ2v) is 8.13. The first kappa shape index (κ1) is 17.3. The molecule has 1 N–H and O–H groups in total. The molecule has 21 heavy (non-hydrogen) atoms. The summed E-state index contributed by atoms with van der Waals surface area (Å²) in [5, 5.41) is 3.85. The standard InChI is InChI=1S/C19H37NO/c1-4-14-20-18(9-5-7-17-8-6-15-21-17)16-10-12-19(2,3)13-11-16/h16-18,20H,4-15H2,1-3H3. The topological polar surface area (TPSA) is 21.3 Å². The van der Waals surface area contributed by atoms with E-state index in [0.717, 1.165) is 18.6 Å². The fourth-order valence-corrected chi connectivity index (χ4v) is 4.10. The maximum Gasteiger partial charge on any atom is 0.0576 e. The summed E-state index contributed by atoms with van der Waals surface area (Å²) in [6.07, 6.45) is 14.0. The molecule has 0 radical (unpaired) electrons. The summed E-state index contributed by atoms with van der Waals surface area (Å²) in [4.78, 5) is 0. The largest absolute Gasteiger partial charge is 0.378 e. The molecule has 0 aromatic carbocycles. The Morgan fingerprint density at radius 1 is 1.19 bits per heavy atom. The van der Waals surface area contributed by atoms with Crippen molar-refractivity contribution >= 4 is 0 Å². The Morgan fingerprint density at radius 2 is 1.95 bits per heavy atom. The van der Waals surface area contributed by atoms with E-state index >= 15 is 0 Å². The van der Waals surface area contributed by atoms with E-state index < -0.39 is 0 Å². The highest BCUT2D eigenvalue weighted by atomic mass is 16.5. The maximum absolute atomic E-state index is 5.77. The van der Waals surface area contributed by atoms with Gasteiger partial charge in [-0.15, -0.1) is 0 Å². The van der Waals surface area contributed by atoms with Crippen LogP contribution in [0.1, 0.15) is 85.0 Å². The average molecular weight is 296 g/mol. The fraction of sp³-hybridized carbons (Fsp3) is 1.00. The van der Waals surface area contributed by atoms with Crippen molar-refractivity contribution in [2.24, 2.45) is 11.3 Å². The molecule has 2 nitrogen and oxygen atoms in total. The van der Waals surface area contributed by atoms with Gasteiger partial charge in [0.05, 0.1) is 6.10 Å². The maximum atomic E-state index is 5.77. The van der Waals surface area contributed by atoms with Crippen molar-refractivity contribution in [3.8, 4) is 0 Å². The summed E-state index contributed by atoms with van der Waals surface area (Å²) >= 11 is 0. The van der Waals surface area contributed by atoms with Gasteiger partial charge in [-0.1, -0.05) is 20.8 Å². The van der Waals surface area contributed by atoms with Crippen molar-refractivity contribution in [3.05, 3.63) is 0 Å². The van der Waals surface area contributed by atoms with Crippen LogP contribution in [0.2, 0.25) is 0 Å². The lowest BCUT2D eigenvalue weighted by Gasteiger charge is -2.38. The predicted octanol–water partition coefficient (Wildman–Crippen LogP) is 4.92. The molecule has 2 aliphatic rings. The van der Waals surface area contributed by atoms with Gasteiger partial charge < -0.3 is 10.1 Å². The summed E-state index contributed by atoms with van der Waals surface area (Å²) in [6.45, 7) is 9.34. The van der Waals surface area contributed by atoms with Gasteiger partial charge in [-0.05, 0) is 82.1 Å². The Morgan fingerprint density at radius 3 is 2.57 bits per heavy atom. The molecule has 2 fully saturated rings. The number of nitrogens with one attached hydrogen (secondary N) is 1. The van der Waals surface area contributed by atoms with Gasteiger partial charge in [0.15, 0.2) is 0 Å². The highest BCUT2D eigenvalue weighted by molar-refractivity contribution is 4.85. The molecule has 2 atom stereocenters. The second kappa shape index (κ2) is 8.53. The van der Waals surface area contributed by atoms with Crippen molar-refractivity contribution in [3.63, 3.8) is 0 Å². The Balaban J connectivity index is 1.74. The van der Waals surface area contributed by atoms with Crippen molar-refractivity contribution in [2.45, 2.75) is 97.1 Å². The van der Waals surface area contributed by atoms with E-state index in [1.165, 1.54) is 70.8 Å². The number of hydrogen-bond acceptors (Lipinski definition) is 2. The first-order valence-corrected chi connectivity index (χ1v) is 9.46. The molecule has 1 saturated heterocycles. The SMILES string of the molecule is CCCNC(CCCC1CCCO1)C1CCC(C)(C)CC1. The predicted molar refractivity (Wildman–Crippen MR) is 90.6 cm³/mol. The van der Waals surface area contributed by atoms with Gasteiger partial charge in [0.25, 0.3) is 0 Å². The minimum absolute atomic E-state index is 0.571. The van der Waals surface area contributed by atoms with Crippen LogP contribution in [0.25, 0.3) is 0 Å². The Labute approximate surface area is 132 Å². The van der Waals surface area contributed by atoms with Gasteiger partial charge in [-0.25, -0.2) is 0 Å². The van der Waals surface area contributed by atoms with E-state index in [2.05, 4.69) is 26.1 Å². The van der Waals surface area contributed by atoms with Crippen LogP contribution < -0.4 is 5.32 Å². The monoisotopic (exact) mass is 295 g/mol. The van der Waals surface area contributed by atoms with E-state index in [0.29, 0.717) is 11.5 Å². The van der Waals surface area contributed by atoms with Crippen LogP contribution in [0.4, 0.5) is 0 Å². The van der Waals surface area contributed by atoms with Crippen LogP contribution in [0, 0.1) is 11.3 Å². The van der Waals surface area contributed by atoms with Crippen molar-refractivity contribution in [2.75, 3.05) is 13.2 Å². The Kier molecular flexibility index (Phi) is 7.01. The lowest BCUT2D eigenvalue weighted by atomic mass is 9.70. The quantitative estimate of drug-likeness (QED) is 0.686. The van der Waals surface area contributed by atoms with Crippen LogP contribution in [0.15, 0.2) is 0 Å². The summed E-state index contributed by atoms with van der Waals surface area (Å²) in [6, 6.07) is 0.752. The number of hydrogen-bond donors (Lipinski definition) is 1. The normalized spacial score (nSPS) is 27.9. The van der Waals surface area contributed by atoms with E-state index in [1.807, 2.05) is 0 Å². The number of ether oxygens (including phenoxy) is 1. The summed E-state index contributed by atoms with van der Waals surface area (Å²) in [7, 11) is 0. The minimum Gasteiger partial charge on any atom is -0.378 e. The molecule has 124 valence electrons. The molecular weight excluding hydrogens is 258 g/mol. The van der Waals surface area contributed by atoms with E-state index in [9.17, 15) is 0 Å². The van der Waals surface area contributed by atoms with E-state index in [1.54, 1.807) is 0 Å². The molecule has 1 saturated carbocycles. The summed E-state index contributed by atoms with van der Waals surface area (Å²) in [5.41, 5.74) is 0.587.